The van der Waals surface area contributed by atoms with Crippen molar-refractivity contribution in [3.8, 4) is 0 Å². The van der Waals surface area contributed by atoms with E-state index >= 15 is 0 Å². The molecule has 0 bridgehead atoms. The number of H-pyrrole nitrogens is 1. The minimum atomic E-state index is -4.95. The second kappa shape index (κ2) is 7.07. The first kappa shape index (κ1) is 22.8. The molecular formula is C21H22BF3N2O4S. The maximum absolute atomic E-state index is 14.0. The number of sulfone groups is 1. The lowest BCUT2D eigenvalue weighted by atomic mass is 9.79. The summed E-state index contributed by atoms with van der Waals surface area (Å²) in [5.41, 5.74) is -1.97. The first-order valence-corrected chi connectivity index (χ1v) is 11.4. The predicted molar refractivity (Wildman–Crippen MR) is 113 cm³/mol. The lowest BCUT2D eigenvalue weighted by Crippen LogP contribution is -2.41. The Balaban J connectivity index is 2.03. The van der Waals surface area contributed by atoms with Gasteiger partial charge in [-0.1, -0.05) is 17.7 Å². The van der Waals surface area contributed by atoms with E-state index in [9.17, 15) is 21.6 Å². The second-order valence-electron chi connectivity index (χ2n) is 8.87. The van der Waals surface area contributed by atoms with Crippen LogP contribution in [0.4, 0.5) is 13.2 Å². The van der Waals surface area contributed by atoms with E-state index in [1.54, 1.807) is 34.6 Å². The van der Waals surface area contributed by atoms with Gasteiger partial charge in [-0.25, -0.2) is 13.4 Å². The molecule has 3 heterocycles. The third kappa shape index (κ3) is 3.52. The van der Waals surface area contributed by atoms with Gasteiger partial charge in [0.1, 0.15) is 5.65 Å². The maximum Gasteiger partial charge on any atom is 0.497 e. The molecule has 11 heteroatoms. The van der Waals surface area contributed by atoms with Crippen molar-refractivity contribution in [3.63, 3.8) is 0 Å². The van der Waals surface area contributed by atoms with Gasteiger partial charge in [-0.15, -0.1) is 0 Å². The number of halogens is 3. The van der Waals surface area contributed by atoms with Crippen LogP contribution < -0.4 is 5.46 Å². The zero-order valence-electron chi connectivity index (χ0n) is 18.2. The second-order valence-corrected chi connectivity index (χ2v) is 10.8. The van der Waals surface area contributed by atoms with E-state index in [2.05, 4.69) is 9.97 Å². The molecule has 170 valence electrons. The van der Waals surface area contributed by atoms with Gasteiger partial charge in [0, 0.05) is 23.2 Å². The summed E-state index contributed by atoms with van der Waals surface area (Å²) in [5, 5.41) is -0.195. The molecule has 0 aliphatic carbocycles. The van der Waals surface area contributed by atoms with Crippen LogP contribution in [0.15, 0.2) is 46.5 Å². The van der Waals surface area contributed by atoms with Crippen LogP contribution in [0.3, 0.4) is 0 Å². The topological polar surface area (TPSA) is 81.3 Å². The highest BCUT2D eigenvalue weighted by Gasteiger charge is 2.53. The van der Waals surface area contributed by atoms with Crippen molar-refractivity contribution in [2.75, 3.05) is 0 Å². The molecule has 0 atom stereocenters. The van der Waals surface area contributed by atoms with E-state index in [1.807, 2.05) is 0 Å². The standard InChI is InChI=1S/C21H22BF3N2O4S/c1-12-6-8-13(9-7-12)32(28,29)17-14(21(23,24)25)10-26-18-16(17)15(11-27-18)22-30-19(2,3)20(4,5)31-22/h6-11H,1-5H3,(H,26,27). The Morgan fingerprint density at radius 1 is 1.03 bits per heavy atom. The summed E-state index contributed by atoms with van der Waals surface area (Å²) >= 11 is 0. The first-order chi connectivity index (χ1) is 14.6. The van der Waals surface area contributed by atoms with Crippen LogP contribution in [0.25, 0.3) is 11.0 Å². The third-order valence-electron chi connectivity index (χ3n) is 6.10. The molecule has 3 aromatic rings. The minimum absolute atomic E-state index is 0.00611. The number of benzene rings is 1. The summed E-state index contributed by atoms with van der Waals surface area (Å²) < 4.78 is 80.9. The van der Waals surface area contributed by atoms with Gasteiger partial charge in [0.2, 0.25) is 9.84 Å². The number of aromatic amines is 1. The number of aryl methyl sites for hydroxylation is 1. The van der Waals surface area contributed by atoms with Crippen LogP contribution in [-0.2, 0) is 25.3 Å². The Morgan fingerprint density at radius 3 is 2.12 bits per heavy atom. The Kier molecular flexibility index (Phi) is 5.04. The normalized spacial score (nSPS) is 18.4. The number of pyridine rings is 1. The number of alkyl halides is 3. The van der Waals surface area contributed by atoms with Crippen molar-refractivity contribution in [2.24, 2.45) is 0 Å². The summed E-state index contributed by atoms with van der Waals surface area (Å²) in [4.78, 5) is 5.49. The number of fused-ring (bicyclic) bond motifs is 1. The van der Waals surface area contributed by atoms with Gasteiger partial charge >= 0.3 is 13.3 Å². The van der Waals surface area contributed by atoms with Crippen molar-refractivity contribution < 1.29 is 30.9 Å². The molecule has 0 unspecified atom stereocenters. The van der Waals surface area contributed by atoms with Crippen molar-refractivity contribution in [1.82, 2.24) is 9.97 Å². The zero-order chi connectivity index (χ0) is 23.7. The van der Waals surface area contributed by atoms with Gasteiger partial charge in [-0.05, 0) is 46.8 Å². The van der Waals surface area contributed by atoms with E-state index in [1.165, 1.54) is 30.5 Å². The third-order valence-corrected chi connectivity index (χ3v) is 7.95. The summed E-state index contributed by atoms with van der Waals surface area (Å²) in [7, 11) is -5.64. The molecule has 1 aromatic carbocycles. The smallest absolute Gasteiger partial charge is 0.399 e. The Hall–Kier alpha value is -2.37. The van der Waals surface area contributed by atoms with E-state index in [0.717, 1.165) is 5.56 Å². The summed E-state index contributed by atoms with van der Waals surface area (Å²) in [6.45, 7) is 8.94. The van der Waals surface area contributed by atoms with Crippen LogP contribution in [0.5, 0.6) is 0 Å². The lowest BCUT2D eigenvalue weighted by molar-refractivity contribution is -0.139. The van der Waals surface area contributed by atoms with Crippen molar-refractivity contribution in [1.29, 1.82) is 0 Å². The lowest BCUT2D eigenvalue weighted by Gasteiger charge is -2.32. The maximum atomic E-state index is 14.0. The van der Waals surface area contributed by atoms with Crippen molar-refractivity contribution in [2.45, 2.75) is 61.8 Å². The molecular weight excluding hydrogens is 444 g/mol. The number of hydrogen-bond acceptors (Lipinski definition) is 5. The quantitative estimate of drug-likeness (QED) is 0.590. The summed E-state index contributed by atoms with van der Waals surface area (Å²) in [6, 6.07) is 5.64. The average Bonchev–Trinajstić information content (AvgIpc) is 3.18. The van der Waals surface area contributed by atoms with Crippen LogP contribution in [0.1, 0.15) is 38.8 Å². The number of nitrogens with zero attached hydrogens (tertiary/aromatic N) is 1. The first-order valence-electron chi connectivity index (χ1n) is 9.90. The van der Waals surface area contributed by atoms with E-state index in [0.29, 0.717) is 6.20 Å². The van der Waals surface area contributed by atoms with Crippen molar-refractivity contribution in [3.05, 3.63) is 47.8 Å². The molecule has 0 radical (unpaired) electrons. The SMILES string of the molecule is Cc1ccc(S(=O)(=O)c2c(C(F)(F)F)cnc3[nH]cc(B4OC(C)(C)C(C)(C)O4)c23)cc1. The van der Waals surface area contributed by atoms with Gasteiger partial charge in [-0.2, -0.15) is 13.2 Å². The zero-order valence-corrected chi connectivity index (χ0v) is 19.0. The fourth-order valence-corrected chi connectivity index (χ4v) is 5.23. The monoisotopic (exact) mass is 466 g/mol. The highest BCUT2D eigenvalue weighted by Crippen LogP contribution is 2.41. The fraction of sp³-hybridized carbons (Fsp3) is 0.381. The highest BCUT2D eigenvalue weighted by atomic mass is 32.2. The molecule has 1 fully saturated rings. The number of nitrogens with one attached hydrogen (secondary N) is 1. The Labute approximate surface area is 184 Å². The minimum Gasteiger partial charge on any atom is -0.399 e. The molecule has 2 aromatic heterocycles. The molecule has 1 aliphatic rings. The van der Waals surface area contributed by atoms with Gasteiger partial charge in [-0.3, -0.25) is 0 Å². The fourth-order valence-electron chi connectivity index (χ4n) is 3.56. The van der Waals surface area contributed by atoms with Crippen LogP contribution >= 0.6 is 0 Å². The molecule has 4 rings (SSSR count). The van der Waals surface area contributed by atoms with Crippen LogP contribution in [0.2, 0.25) is 0 Å². The van der Waals surface area contributed by atoms with Crippen LogP contribution in [-0.4, -0.2) is 36.7 Å². The Bertz CT molecular complexity index is 1280. The molecule has 32 heavy (non-hydrogen) atoms. The highest BCUT2D eigenvalue weighted by molar-refractivity contribution is 7.91. The van der Waals surface area contributed by atoms with E-state index in [4.69, 9.17) is 9.31 Å². The molecule has 0 amide bonds. The average molecular weight is 466 g/mol. The largest absolute Gasteiger partial charge is 0.497 e. The van der Waals surface area contributed by atoms with Crippen molar-refractivity contribution >= 4 is 33.5 Å². The van der Waals surface area contributed by atoms with Gasteiger partial charge in [0.15, 0.2) is 0 Å². The molecule has 1 saturated heterocycles. The van der Waals surface area contributed by atoms with Gasteiger partial charge < -0.3 is 14.3 Å². The van der Waals surface area contributed by atoms with Crippen LogP contribution in [0, 0.1) is 6.92 Å². The van der Waals surface area contributed by atoms with E-state index < -0.39 is 44.8 Å². The van der Waals surface area contributed by atoms with Gasteiger partial charge in [0.25, 0.3) is 0 Å². The number of rotatable bonds is 3. The molecule has 0 spiro atoms. The Morgan fingerprint density at radius 2 is 1.59 bits per heavy atom. The number of hydrogen-bond donors (Lipinski definition) is 1. The molecule has 0 saturated carbocycles. The summed E-state index contributed by atoms with van der Waals surface area (Å²) in [6.07, 6.45) is -3.03. The molecule has 1 aliphatic heterocycles. The summed E-state index contributed by atoms with van der Waals surface area (Å²) in [5.74, 6) is 0. The van der Waals surface area contributed by atoms with Gasteiger partial charge in [0.05, 0.1) is 26.6 Å². The number of aromatic nitrogens is 2. The van der Waals surface area contributed by atoms with E-state index in [-0.39, 0.29) is 21.4 Å². The molecule has 1 N–H and O–H groups in total. The predicted octanol–water partition coefficient (Wildman–Crippen LogP) is 4.02. The molecule has 6 nitrogen and oxygen atoms in total.